The lowest BCUT2D eigenvalue weighted by Crippen LogP contribution is -2.51. The van der Waals surface area contributed by atoms with Crippen LogP contribution in [0.15, 0.2) is 0 Å². The maximum atomic E-state index is 12.0. The summed E-state index contributed by atoms with van der Waals surface area (Å²) >= 11 is 0. The smallest absolute Gasteiger partial charge is 0.236 e. The molecular weight excluding hydrogens is 216 g/mol. The number of carbonyl (C=O) groups excluding carboxylic acids is 1. The molecule has 0 unspecified atom stereocenters. The van der Waals surface area contributed by atoms with Gasteiger partial charge in [-0.1, -0.05) is 0 Å². The molecule has 0 aromatic carbocycles. The van der Waals surface area contributed by atoms with Crippen LogP contribution in [0.1, 0.15) is 39.0 Å². The first-order valence-corrected chi connectivity index (χ1v) is 6.80. The molecule has 17 heavy (non-hydrogen) atoms. The number of nitrogens with zero attached hydrogens (tertiary/aromatic N) is 1. The highest BCUT2D eigenvalue weighted by molar-refractivity contribution is 5.78. The summed E-state index contributed by atoms with van der Waals surface area (Å²) in [6, 6.07) is 0. The third kappa shape index (κ3) is 3.68. The summed E-state index contributed by atoms with van der Waals surface area (Å²) in [5.41, 5.74) is 0.0870. The number of rotatable bonds is 3. The van der Waals surface area contributed by atoms with E-state index in [4.69, 9.17) is 4.74 Å². The van der Waals surface area contributed by atoms with Gasteiger partial charge < -0.3 is 15.0 Å². The number of nitrogens with one attached hydrogen (secondary N) is 1. The molecule has 0 bridgehead atoms. The van der Waals surface area contributed by atoms with Crippen molar-refractivity contribution in [1.82, 2.24) is 10.2 Å². The molecule has 2 rings (SSSR count). The Bertz CT molecular complexity index is 256. The van der Waals surface area contributed by atoms with E-state index in [1.54, 1.807) is 0 Å². The Hall–Kier alpha value is -0.610. The molecule has 2 heterocycles. The maximum absolute atomic E-state index is 12.0. The Morgan fingerprint density at radius 3 is 2.53 bits per heavy atom. The highest BCUT2D eigenvalue weighted by Gasteiger charge is 2.28. The first-order valence-electron chi connectivity index (χ1n) is 6.80. The topological polar surface area (TPSA) is 41.6 Å². The quantitative estimate of drug-likeness (QED) is 0.805. The maximum Gasteiger partial charge on any atom is 0.236 e. The summed E-state index contributed by atoms with van der Waals surface area (Å²) in [7, 11) is 0. The van der Waals surface area contributed by atoms with Gasteiger partial charge in [-0.2, -0.15) is 0 Å². The van der Waals surface area contributed by atoms with Crippen molar-refractivity contribution in [3.8, 4) is 0 Å². The summed E-state index contributed by atoms with van der Waals surface area (Å²) in [5.74, 6) is 0.261. The molecule has 0 spiro atoms. The molecule has 4 nitrogen and oxygen atoms in total. The van der Waals surface area contributed by atoms with Crippen molar-refractivity contribution in [2.45, 2.75) is 44.6 Å². The lowest BCUT2D eigenvalue weighted by molar-refractivity contribution is -0.131. The van der Waals surface area contributed by atoms with Crippen molar-refractivity contribution in [2.75, 3.05) is 32.8 Å². The standard InChI is InChI=1S/C13H24N2O2/c1-13(5-9-17-10-6-13)14-11-12(16)15-7-3-2-4-8-15/h14H,2-11H2,1H3. The van der Waals surface area contributed by atoms with Gasteiger partial charge >= 0.3 is 0 Å². The zero-order valence-electron chi connectivity index (χ0n) is 10.8. The molecule has 0 saturated carbocycles. The van der Waals surface area contributed by atoms with Crippen LogP contribution in [0.2, 0.25) is 0 Å². The van der Waals surface area contributed by atoms with Gasteiger partial charge in [0.05, 0.1) is 6.54 Å². The molecule has 2 aliphatic heterocycles. The lowest BCUT2D eigenvalue weighted by Gasteiger charge is -2.35. The molecule has 0 aliphatic carbocycles. The Labute approximate surface area is 104 Å². The number of piperidine rings is 1. The Balaban J connectivity index is 1.74. The van der Waals surface area contributed by atoms with E-state index in [-0.39, 0.29) is 11.4 Å². The second-order valence-electron chi connectivity index (χ2n) is 5.47. The predicted octanol–water partition coefficient (Wildman–Crippen LogP) is 1.16. The molecule has 0 atom stereocenters. The molecule has 98 valence electrons. The second kappa shape index (κ2) is 5.83. The average Bonchev–Trinajstić information content (AvgIpc) is 2.38. The number of hydrogen-bond acceptors (Lipinski definition) is 3. The molecule has 0 radical (unpaired) electrons. The van der Waals surface area contributed by atoms with Crippen molar-refractivity contribution < 1.29 is 9.53 Å². The van der Waals surface area contributed by atoms with E-state index < -0.39 is 0 Å². The monoisotopic (exact) mass is 240 g/mol. The lowest BCUT2D eigenvalue weighted by atomic mass is 9.92. The third-order valence-corrected chi connectivity index (χ3v) is 3.97. The summed E-state index contributed by atoms with van der Waals surface area (Å²) in [6.45, 7) is 6.18. The van der Waals surface area contributed by atoms with Crippen LogP contribution in [0.4, 0.5) is 0 Å². The third-order valence-electron chi connectivity index (χ3n) is 3.97. The number of amides is 1. The van der Waals surface area contributed by atoms with Crippen molar-refractivity contribution in [3.05, 3.63) is 0 Å². The molecule has 1 amide bonds. The number of ether oxygens (including phenoxy) is 1. The van der Waals surface area contributed by atoms with Crippen molar-refractivity contribution in [2.24, 2.45) is 0 Å². The average molecular weight is 240 g/mol. The summed E-state index contributed by atoms with van der Waals surface area (Å²) in [5, 5.41) is 3.42. The number of likely N-dealkylation sites (tertiary alicyclic amines) is 1. The van der Waals surface area contributed by atoms with Crippen molar-refractivity contribution in [1.29, 1.82) is 0 Å². The summed E-state index contributed by atoms with van der Waals surface area (Å²) < 4.78 is 5.35. The van der Waals surface area contributed by atoms with E-state index in [0.29, 0.717) is 6.54 Å². The molecular formula is C13H24N2O2. The fourth-order valence-electron chi connectivity index (χ4n) is 2.54. The molecule has 2 aliphatic rings. The van der Waals surface area contributed by atoms with Gasteiger partial charge in [-0.05, 0) is 39.0 Å². The van der Waals surface area contributed by atoms with Crippen LogP contribution in [0, 0.1) is 0 Å². The fourth-order valence-corrected chi connectivity index (χ4v) is 2.54. The van der Waals surface area contributed by atoms with E-state index >= 15 is 0 Å². The second-order valence-corrected chi connectivity index (χ2v) is 5.47. The number of hydrogen-bond donors (Lipinski definition) is 1. The summed E-state index contributed by atoms with van der Waals surface area (Å²) in [6.07, 6.45) is 5.60. The van der Waals surface area contributed by atoms with Crippen LogP contribution < -0.4 is 5.32 Å². The highest BCUT2D eigenvalue weighted by Crippen LogP contribution is 2.19. The van der Waals surface area contributed by atoms with Crippen LogP contribution in [0.25, 0.3) is 0 Å². The largest absolute Gasteiger partial charge is 0.381 e. The van der Waals surface area contributed by atoms with E-state index in [9.17, 15) is 4.79 Å². The molecule has 0 aromatic rings. The van der Waals surface area contributed by atoms with Gasteiger partial charge in [-0.3, -0.25) is 4.79 Å². The van der Waals surface area contributed by atoms with E-state index in [1.165, 1.54) is 6.42 Å². The van der Waals surface area contributed by atoms with Gasteiger partial charge in [-0.25, -0.2) is 0 Å². The van der Waals surface area contributed by atoms with Crippen LogP contribution in [0.3, 0.4) is 0 Å². The predicted molar refractivity (Wildman–Crippen MR) is 66.9 cm³/mol. The van der Waals surface area contributed by atoms with Gasteiger partial charge in [0, 0.05) is 31.8 Å². The van der Waals surface area contributed by atoms with Crippen LogP contribution in [-0.2, 0) is 9.53 Å². The first kappa shape index (κ1) is 12.8. The fraction of sp³-hybridized carbons (Fsp3) is 0.923. The van der Waals surface area contributed by atoms with E-state index in [1.807, 2.05) is 4.90 Å². The Morgan fingerprint density at radius 1 is 1.24 bits per heavy atom. The Morgan fingerprint density at radius 2 is 1.88 bits per heavy atom. The SMILES string of the molecule is CC1(NCC(=O)N2CCCCC2)CCOCC1. The molecule has 4 heteroatoms. The first-order chi connectivity index (χ1) is 8.20. The minimum absolute atomic E-state index is 0.0870. The molecule has 2 fully saturated rings. The van der Waals surface area contributed by atoms with Gasteiger partial charge in [-0.15, -0.1) is 0 Å². The molecule has 1 N–H and O–H groups in total. The highest BCUT2D eigenvalue weighted by atomic mass is 16.5. The van der Waals surface area contributed by atoms with Gasteiger partial charge in [0.1, 0.15) is 0 Å². The molecule has 2 saturated heterocycles. The van der Waals surface area contributed by atoms with Crippen LogP contribution in [-0.4, -0.2) is 49.2 Å². The normalized spacial score (nSPS) is 24.6. The van der Waals surface area contributed by atoms with Crippen LogP contribution in [0.5, 0.6) is 0 Å². The zero-order valence-corrected chi connectivity index (χ0v) is 10.8. The van der Waals surface area contributed by atoms with Crippen molar-refractivity contribution >= 4 is 5.91 Å². The van der Waals surface area contributed by atoms with Gasteiger partial charge in [0.2, 0.25) is 5.91 Å². The van der Waals surface area contributed by atoms with E-state index in [2.05, 4.69) is 12.2 Å². The minimum Gasteiger partial charge on any atom is -0.381 e. The molecule has 0 aromatic heterocycles. The number of carbonyl (C=O) groups is 1. The Kier molecular flexibility index (Phi) is 4.40. The zero-order chi connectivity index (χ0) is 12.1. The minimum atomic E-state index is 0.0870. The van der Waals surface area contributed by atoms with Gasteiger partial charge in [0.15, 0.2) is 0 Å². The van der Waals surface area contributed by atoms with Crippen molar-refractivity contribution in [3.63, 3.8) is 0 Å². The van der Waals surface area contributed by atoms with Crippen LogP contribution >= 0.6 is 0 Å². The summed E-state index contributed by atoms with van der Waals surface area (Å²) in [4.78, 5) is 14.0. The van der Waals surface area contributed by atoms with Gasteiger partial charge in [0.25, 0.3) is 0 Å². The van der Waals surface area contributed by atoms with E-state index in [0.717, 1.165) is 52.0 Å².